The van der Waals surface area contributed by atoms with Crippen molar-refractivity contribution in [1.29, 1.82) is 0 Å². The van der Waals surface area contributed by atoms with Crippen molar-refractivity contribution in [3.8, 4) is 0 Å². The van der Waals surface area contributed by atoms with E-state index in [9.17, 15) is 4.79 Å². The number of rotatable bonds is 5. The summed E-state index contributed by atoms with van der Waals surface area (Å²) in [6.07, 6.45) is -0.116. The van der Waals surface area contributed by atoms with Gasteiger partial charge in [-0.05, 0) is 20.8 Å². The van der Waals surface area contributed by atoms with E-state index in [0.717, 1.165) is 17.6 Å². The van der Waals surface area contributed by atoms with Gasteiger partial charge in [0.15, 0.2) is 0 Å². The summed E-state index contributed by atoms with van der Waals surface area (Å²) in [5.41, 5.74) is 0.454. The lowest BCUT2D eigenvalue weighted by Gasteiger charge is -2.37. The summed E-state index contributed by atoms with van der Waals surface area (Å²) in [5.74, 6) is -0.302. The highest BCUT2D eigenvalue weighted by Crippen LogP contribution is 2.12. The van der Waals surface area contributed by atoms with Crippen LogP contribution in [0, 0.1) is 0 Å². The minimum Gasteiger partial charge on any atom is -1.00 e. The molecule has 0 N–H and O–H groups in total. The molecule has 0 aliphatic heterocycles. The lowest BCUT2D eigenvalue weighted by atomic mass is 10.3. The summed E-state index contributed by atoms with van der Waals surface area (Å²) < 4.78 is 6.03. The van der Waals surface area contributed by atoms with Gasteiger partial charge in [0.25, 0.3) is 0 Å². The maximum Gasteiger partial charge on any atom is 0.337 e. The van der Waals surface area contributed by atoms with E-state index in [1.165, 1.54) is 0 Å². The van der Waals surface area contributed by atoms with Crippen LogP contribution in [0.3, 0.4) is 0 Å². The first-order valence-corrected chi connectivity index (χ1v) is 5.08. The first kappa shape index (κ1) is 16.9. The molecule has 3 nitrogen and oxygen atoms in total. The second-order valence-electron chi connectivity index (χ2n) is 3.90. The monoisotopic (exact) mass is 235 g/mol. The Morgan fingerprint density at radius 1 is 1.40 bits per heavy atom. The molecular formula is C11H22ClNO2. The van der Waals surface area contributed by atoms with Gasteiger partial charge < -0.3 is 17.1 Å². The molecule has 0 fully saturated rings. The maximum absolute atomic E-state index is 11.3. The third kappa shape index (κ3) is 4.67. The van der Waals surface area contributed by atoms with Crippen LogP contribution >= 0.6 is 0 Å². The molecule has 0 aliphatic carbocycles. The molecule has 0 heterocycles. The largest absolute Gasteiger partial charge is 1.00 e. The smallest absolute Gasteiger partial charge is 0.337 e. The molecule has 0 spiro atoms. The standard InChI is InChI=1S/C11H22NO2.ClH/c1-7-12(6,8-2)10(5)14-11(13)9(3)4;/h10H,3,7-8H2,1-2,4-6H3;1H/q+1;/p-1. The van der Waals surface area contributed by atoms with Crippen LogP contribution in [0.5, 0.6) is 0 Å². The van der Waals surface area contributed by atoms with E-state index >= 15 is 0 Å². The van der Waals surface area contributed by atoms with E-state index in [0.29, 0.717) is 5.57 Å². The second kappa shape index (κ2) is 6.85. The average molecular weight is 236 g/mol. The maximum atomic E-state index is 11.3. The van der Waals surface area contributed by atoms with Crippen LogP contribution < -0.4 is 12.4 Å². The van der Waals surface area contributed by atoms with Crippen LogP contribution in [-0.2, 0) is 9.53 Å². The Morgan fingerprint density at radius 3 is 2.07 bits per heavy atom. The Balaban J connectivity index is 0. The number of carbonyl (C=O) groups excluding carboxylic acids is 1. The molecule has 0 aromatic heterocycles. The molecule has 0 amide bonds. The summed E-state index contributed by atoms with van der Waals surface area (Å²) in [6, 6.07) is 0. The van der Waals surface area contributed by atoms with Gasteiger partial charge in [0.05, 0.1) is 20.1 Å². The van der Waals surface area contributed by atoms with Crippen molar-refractivity contribution in [2.45, 2.75) is 33.9 Å². The van der Waals surface area contributed by atoms with Crippen molar-refractivity contribution in [1.82, 2.24) is 0 Å². The molecule has 4 heteroatoms. The van der Waals surface area contributed by atoms with E-state index in [-0.39, 0.29) is 24.6 Å². The Bertz CT molecular complexity index is 225. The minimum absolute atomic E-state index is 0. The van der Waals surface area contributed by atoms with Crippen LogP contribution in [-0.4, -0.2) is 36.8 Å². The van der Waals surface area contributed by atoms with Crippen LogP contribution in [0.2, 0.25) is 0 Å². The van der Waals surface area contributed by atoms with Gasteiger partial charge in [0, 0.05) is 12.5 Å². The Morgan fingerprint density at radius 2 is 1.80 bits per heavy atom. The number of hydrogen-bond acceptors (Lipinski definition) is 2. The molecule has 1 atom stereocenters. The fraction of sp³-hybridized carbons (Fsp3) is 0.727. The molecule has 0 bridgehead atoms. The SMILES string of the molecule is C=C(C)C(=O)OC(C)[N+](C)(CC)CC.[Cl-]. The van der Waals surface area contributed by atoms with Crippen molar-refractivity contribution < 1.29 is 26.4 Å². The van der Waals surface area contributed by atoms with Gasteiger partial charge in [0.1, 0.15) is 0 Å². The summed E-state index contributed by atoms with van der Waals surface area (Å²) in [6.45, 7) is 13.2. The minimum atomic E-state index is -0.302. The van der Waals surface area contributed by atoms with Gasteiger partial charge in [-0.2, -0.15) is 0 Å². The third-order valence-corrected chi connectivity index (χ3v) is 2.95. The molecule has 0 saturated carbocycles. The predicted octanol–water partition coefficient (Wildman–Crippen LogP) is -1.06. The van der Waals surface area contributed by atoms with Crippen LogP contribution in [0.4, 0.5) is 0 Å². The molecular weight excluding hydrogens is 214 g/mol. The van der Waals surface area contributed by atoms with Crippen molar-refractivity contribution in [3.05, 3.63) is 12.2 Å². The molecule has 0 aromatic rings. The fourth-order valence-electron chi connectivity index (χ4n) is 1.12. The zero-order chi connectivity index (χ0) is 11.4. The van der Waals surface area contributed by atoms with Gasteiger partial charge in [-0.15, -0.1) is 0 Å². The average Bonchev–Trinajstić information content (AvgIpc) is 2.16. The van der Waals surface area contributed by atoms with Crippen LogP contribution in [0.25, 0.3) is 0 Å². The molecule has 0 radical (unpaired) electrons. The van der Waals surface area contributed by atoms with Gasteiger partial charge in [-0.25, -0.2) is 4.79 Å². The van der Waals surface area contributed by atoms with Crippen molar-refractivity contribution >= 4 is 5.97 Å². The number of esters is 1. The van der Waals surface area contributed by atoms with Gasteiger partial charge >= 0.3 is 5.97 Å². The predicted molar refractivity (Wildman–Crippen MR) is 57.6 cm³/mol. The highest BCUT2D eigenvalue weighted by Gasteiger charge is 2.28. The van der Waals surface area contributed by atoms with E-state index in [1.807, 2.05) is 6.92 Å². The highest BCUT2D eigenvalue weighted by atomic mass is 35.5. The topological polar surface area (TPSA) is 26.3 Å². The van der Waals surface area contributed by atoms with E-state index in [2.05, 4.69) is 27.5 Å². The van der Waals surface area contributed by atoms with Crippen molar-refractivity contribution in [2.75, 3.05) is 20.1 Å². The van der Waals surface area contributed by atoms with Gasteiger partial charge in [-0.1, -0.05) is 6.58 Å². The Kier molecular flexibility index (Phi) is 7.71. The molecule has 15 heavy (non-hydrogen) atoms. The van der Waals surface area contributed by atoms with Crippen LogP contribution in [0.1, 0.15) is 27.7 Å². The van der Waals surface area contributed by atoms with E-state index < -0.39 is 0 Å². The lowest BCUT2D eigenvalue weighted by Crippen LogP contribution is -3.00. The zero-order valence-corrected chi connectivity index (χ0v) is 11.1. The van der Waals surface area contributed by atoms with Gasteiger partial charge in [-0.3, -0.25) is 4.48 Å². The number of carbonyl (C=O) groups is 1. The van der Waals surface area contributed by atoms with Crippen molar-refractivity contribution in [3.63, 3.8) is 0 Å². The van der Waals surface area contributed by atoms with E-state index in [1.54, 1.807) is 6.92 Å². The number of ether oxygens (including phenoxy) is 1. The quantitative estimate of drug-likeness (QED) is 0.263. The number of hydrogen-bond donors (Lipinski definition) is 0. The number of quaternary nitrogens is 1. The zero-order valence-electron chi connectivity index (χ0n) is 10.3. The third-order valence-electron chi connectivity index (χ3n) is 2.95. The lowest BCUT2D eigenvalue weighted by molar-refractivity contribution is -0.947. The first-order valence-electron chi connectivity index (χ1n) is 5.08. The summed E-state index contributed by atoms with van der Waals surface area (Å²) >= 11 is 0. The van der Waals surface area contributed by atoms with Crippen molar-refractivity contribution in [2.24, 2.45) is 0 Å². The Hall–Kier alpha value is -0.540. The first-order chi connectivity index (χ1) is 6.37. The van der Waals surface area contributed by atoms with E-state index in [4.69, 9.17) is 4.74 Å². The molecule has 0 rings (SSSR count). The molecule has 0 aromatic carbocycles. The molecule has 1 unspecified atom stereocenters. The number of nitrogens with zero attached hydrogens (tertiary/aromatic N) is 1. The summed E-state index contributed by atoms with van der Waals surface area (Å²) in [7, 11) is 2.08. The molecule has 90 valence electrons. The van der Waals surface area contributed by atoms with Crippen LogP contribution in [0.15, 0.2) is 12.2 Å². The van der Waals surface area contributed by atoms with Gasteiger partial charge in [0.2, 0.25) is 6.23 Å². The molecule has 0 aliphatic rings. The summed E-state index contributed by atoms with van der Waals surface area (Å²) in [5, 5.41) is 0. The Labute approximate surface area is 99.1 Å². The number of halogens is 1. The fourth-order valence-corrected chi connectivity index (χ4v) is 1.12. The highest BCUT2D eigenvalue weighted by molar-refractivity contribution is 5.86. The second-order valence-corrected chi connectivity index (χ2v) is 3.90. The summed E-state index contributed by atoms with van der Waals surface area (Å²) in [4.78, 5) is 11.3. The molecule has 0 saturated heterocycles. The normalized spacial score (nSPS) is 12.6.